The van der Waals surface area contributed by atoms with E-state index in [4.69, 9.17) is 27.9 Å². The molecule has 0 aromatic carbocycles. The Bertz CT molecular complexity index is 811. The fourth-order valence-electron chi connectivity index (χ4n) is 3.02. The Morgan fingerprint density at radius 1 is 1.31 bits per heavy atom. The van der Waals surface area contributed by atoms with Crippen molar-refractivity contribution in [1.82, 2.24) is 15.3 Å². The molecular formula is C18H19Cl2F3N4O2. The second-order valence-electron chi connectivity index (χ2n) is 6.72. The number of hydrogen-bond donors (Lipinski definition) is 2. The first-order chi connectivity index (χ1) is 13.8. The number of carbonyl (C=O) groups is 1. The highest BCUT2D eigenvalue weighted by molar-refractivity contribution is 6.32. The Morgan fingerprint density at radius 3 is 2.69 bits per heavy atom. The molecule has 0 radical (unpaired) electrons. The largest absolute Gasteiger partial charge is 0.434 e. The second kappa shape index (κ2) is 9.32. The number of nitrogens with one attached hydrogen (secondary N) is 2. The molecule has 29 heavy (non-hydrogen) atoms. The summed E-state index contributed by atoms with van der Waals surface area (Å²) in [6.07, 6.45) is 2.36. The van der Waals surface area contributed by atoms with E-state index in [9.17, 15) is 18.0 Å². The van der Waals surface area contributed by atoms with Gasteiger partial charge in [-0.3, -0.25) is 4.79 Å². The first kappa shape index (κ1) is 21.9. The number of ether oxygens (including phenoxy) is 1. The van der Waals surface area contributed by atoms with Crippen LogP contribution in [0.4, 0.5) is 19.1 Å². The van der Waals surface area contributed by atoms with Gasteiger partial charge in [0, 0.05) is 31.0 Å². The minimum atomic E-state index is -4.84. The second-order valence-corrected chi connectivity index (χ2v) is 7.66. The summed E-state index contributed by atoms with van der Waals surface area (Å²) in [6.45, 7) is 1.42. The van der Waals surface area contributed by atoms with Gasteiger partial charge in [0.2, 0.25) is 5.95 Å². The van der Waals surface area contributed by atoms with Gasteiger partial charge in [-0.2, -0.15) is 13.2 Å². The number of aromatic nitrogens is 2. The van der Waals surface area contributed by atoms with E-state index < -0.39 is 34.8 Å². The maximum Gasteiger partial charge on any atom is 0.434 e. The van der Waals surface area contributed by atoms with E-state index in [-0.39, 0.29) is 18.4 Å². The van der Waals surface area contributed by atoms with Crippen molar-refractivity contribution in [2.75, 3.05) is 25.1 Å². The van der Waals surface area contributed by atoms with Crippen molar-refractivity contribution in [1.29, 1.82) is 0 Å². The molecule has 2 atom stereocenters. The highest BCUT2D eigenvalue weighted by atomic mass is 35.5. The molecule has 0 spiro atoms. The van der Waals surface area contributed by atoms with Gasteiger partial charge in [-0.15, -0.1) is 11.6 Å². The third kappa shape index (κ3) is 5.61. The molecule has 0 bridgehead atoms. The fraction of sp³-hybridized carbons (Fsp3) is 0.500. The molecular weight excluding hydrogens is 432 g/mol. The molecule has 1 aliphatic heterocycles. The monoisotopic (exact) mass is 450 g/mol. The van der Waals surface area contributed by atoms with Gasteiger partial charge in [0.05, 0.1) is 17.0 Å². The Kier molecular flexibility index (Phi) is 7.02. The van der Waals surface area contributed by atoms with Crippen molar-refractivity contribution in [2.45, 2.75) is 30.4 Å². The number of alkyl halides is 4. The van der Waals surface area contributed by atoms with Gasteiger partial charge in [-0.1, -0.05) is 23.8 Å². The Balaban J connectivity index is 1.76. The predicted octanol–water partition coefficient (Wildman–Crippen LogP) is 3.73. The molecule has 2 heterocycles. The molecule has 1 aromatic heterocycles. The van der Waals surface area contributed by atoms with Crippen LogP contribution >= 0.6 is 23.2 Å². The summed E-state index contributed by atoms with van der Waals surface area (Å²) in [7, 11) is 0. The maximum atomic E-state index is 13.5. The number of anilines is 1. The lowest BCUT2D eigenvalue weighted by molar-refractivity contribution is -0.141. The van der Waals surface area contributed by atoms with E-state index in [1.54, 1.807) is 18.2 Å². The Labute approximate surface area is 175 Å². The van der Waals surface area contributed by atoms with Crippen molar-refractivity contribution in [3.63, 3.8) is 0 Å². The SMILES string of the molecule is O=C(NCC1CCOCC1)c1cnc(NC2C(Cl)=CC=CC2Cl)nc1C(F)(F)F. The quantitative estimate of drug-likeness (QED) is 0.668. The highest BCUT2D eigenvalue weighted by Crippen LogP contribution is 2.32. The van der Waals surface area contributed by atoms with Crippen LogP contribution in [0.25, 0.3) is 0 Å². The van der Waals surface area contributed by atoms with Crippen LogP contribution in [0.15, 0.2) is 29.5 Å². The lowest BCUT2D eigenvalue weighted by Gasteiger charge is -2.24. The van der Waals surface area contributed by atoms with Crippen LogP contribution in [0.2, 0.25) is 0 Å². The van der Waals surface area contributed by atoms with Crippen LogP contribution in [-0.4, -0.2) is 47.1 Å². The molecule has 1 aromatic rings. The molecule has 2 aliphatic rings. The molecule has 0 saturated carbocycles. The van der Waals surface area contributed by atoms with E-state index in [0.29, 0.717) is 18.2 Å². The summed E-state index contributed by atoms with van der Waals surface area (Å²) >= 11 is 12.2. The number of carbonyl (C=O) groups excluding carboxylic acids is 1. The van der Waals surface area contributed by atoms with Crippen LogP contribution in [0.5, 0.6) is 0 Å². The number of amides is 1. The molecule has 6 nitrogen and oxygen atoms in total. The minimum absolute atomic E-state index is 0.165. The van der Waals surface area contributed by atoms with E-state index in [1.807, 2.05) is 0 Å². The molecule has 3 rings (SSSR count). The summed E-state index contributed by atoms with van der Waals surface area (Å²) in [6, 6.07) is -0.683. The molecule has 1 aliphatic carbocycles. The first-order valence-corrected chi connectivity index (χ1v) is 9.82. The standard InChI is InChI=1S/C18H19Cl2F3N4O2/c19-12-2-1-3-13(20)14(12)26-17-25-9-11(15(27-17)18(21,22)23)16(28)24-8-10-4-6-29-7-5-10/h1-3,9-10,12,14H,4-8H2,(H,24,28)(H,25,26,27). The van der Waals surface area contributed by atoms with Gasteiger partial charge in [0.15, 0.2) is 5.69 Å². The average Bonchev–Trinajstić information content (AvgIpc) is 2.69. The summed E-state index contributed by atoms with van der Waals surface area (Å²) in [5, 5.41) is 4.95. The summed E-state index contributed by atoms with van der Waals surface area (Å²) < 4.78 is 45.8. The van der Waals surface area contributed by atoms with Crippen molar-refractivity contribution >= 4 is 35.1 Å². The number of allylic oxidation sites excluding steroid dienone is 2. The predicted molar refractivity (Wildman–Crippen MR) is 103 cm³/mol. The fourth-order valence-corrected chi connectivity index (χ4v) is 3.63. The van der Waals surface area contributed by atoms with Gasteiger partial charge in [0.1, 0.15) is 0 Å². The van der Waals surface area contributed by atoms with Crippen LogP contribution in [0.3, 0.4) is 0 Å². The number of nitrogens with zero attached hydrogens (tertiary/aromatic N) is 2. The Morgan fingerprint density at radius 2 is 2.03 bits per heavy atom. The van der Waals surface area contributed by atoms with E-state index >= 15 is 0 Å². The molecule has 1 fully saturated rings. The van der Waals surface area contributed by atoms with Gasteiger partial charge in [-0.05, 0) is 24.8 Å². The summed E-state index contributed by atoms with van der Waals surface area (Å²) in [5.74, 6) is -1.03. The molecule has 11 heteroatoms. The highest BCUT2D eigenvalue weighted by Gasteiger charge is 2.38. The maximum absolute atomic E-state index is 13.5. The van der Waals surface area contributed by atoms with Crippen LogP contribution < -0.4 is 10.6 Å². The zero-order chi connectivity index (χ0) is 21.0. The smallest absolute Gasteiger partial charge is 0.381 e. The van der Waals surface area contributed by atoms with Gasteiger partial charge < -0.3 is 15.4 Å². The lowest BCUT2D eigenvalue weighted by Crippen LogP contribution is -2.34. The number of halogens is 5. The minimum Gasteiger partial charge on any atom is -0.381 e. The van der Waals surface area contributed by atoms with Crippen molar-refractivity contribution in [3.8, 4) is 0 Å². The molecule has 1 saturated heterocycles. The number of hydrogen-bond acceptors (Lipinski definition) is 5. The van der Waals surface area contributed by atoms with Crippen LogP contribution in [-0.2, 0) is 10.9 Å². The van der Waals surface area contributed by atoms with E-state index in [2.05, 4.69) is 20.6 Å². The average molecular weight is 451 g/mol. The topological polar surface area (TPSA) is 76.1 Å². The molecule has 2 unspecified atom stereocenters. The third-order valence-corrected chi connectivity index (χ3v) is 5.40. The normalized spacial score (nSPS) is 22.9. The Hall–Kier alpha value is -1.84. The molecule has 2 N–H and O–H groups in total. The summed E-state index contributed by atoms with van der Waals surface area (Å²) in [5.41, 5.74) is -1.96. The van der Waals surface area contributed by atoms with E-state index in [1.165, 1.54) is 0 Å². The van der Waals surface area contributed by atoms with Gasteiger partial charge in [0.25, 0.3) is 5.91 Å². The van der Waals surface area contributed by atoms with Crippen molar-refractivity contribution in [2.24, 2.45) is 5.92 Å². The van der Waals surface area contributed by atoms with Crippen LogP contribution in [0, 0.1) is 5.92 Å². The molecule has 158 valence electrons. The van der Waals surface area contributed by atoms with Gasteiger partial charge >= 0.3 is 6.18 Å². The first-order valence-electron chi connectivity index (χ1n) is 9.00. The van der Waals surface area contributed by atoms with Crippen molar-refractivity contribution in [3.05, 3.63) is 40.7 Å². The van der Waals surface area contributed by atoms with Crippen molar-refractivity contribution < 1.29 is 22.7 Å². The zero-order valence-corrected chi connectivity index (χ0v) is 16.7. The zero-order valence-electron chi connectivity index (χ0n) is 15.2. The number of rotatable bonds is 5. The van der Waals surface area contributed by atoms with E-state index in [0.717, 1.165) is 19.0 Å². The third-order valence-electron chi connectivity index (χ3n) is 4.64. The summed E-state index contributed by atoms with van der Waals surface area (Å²) in [4.78, 5) is 19.7. The molecule has 1 amide bonds. The van der Waals surface area contributed by atoms with Crippen LogP contribution in [0.1, 0.15) is 28.9 Å². The lowest BCUT2D eigenvalue weighted by atomic mass is 10.0. The van der Waals surface area contributed by atoms with Gasteiger partial charge in [-0.25, -0.2) is 9.97 Å².